The van der Waals surface area contributed by atoms with E-state index in [-0.39, 0.29) is 12.3 Å². The monoisotopic (exact) mass is 402 g/mol. The van der Waals surface area contributed by atoms with Gasteiger partial charge in [0.25, 0.3) is 5.91 Å². The molecular weight excluding hydrogens is 376 g/mol. The highest BCUT2D eigenvalue weighted by Gasteiger charge is 2.14. The average Bonchev–Trinajstić information content (AvgIpc) is 2.75. The van der Waals surface area contributed by atoms with Crippen LogP contribution in [0.4, 0.5) is 0 Å². The van der Waals surface area contributed by atoms with Gasteiger partial charge in [0.15, 0.2) is 11.5 Å². The molecule has 0 aliphatic carbocycles. The van der Waals surface area contributed by atoms with Crippen molar-refractivity contribution < 1.29 is 28.5 Å². The molecule has 0 saturated carbocycles. The lowest BCUT2D eigenvalue weighted by atomic mass is 10.1. The normalized spacial score (nSPS) is 10.1. The molecule has 0 heterocycles. The Balaban J connectivity index is 1.89. The summed E-state index contributed by atoms with van der Waals surface area (Å²) >= 11 is 0. The number of ether oxygens (including phenoxy) is 4. The van der Waals surface area contributed by atoms with Crippen LogP contribution in [0, 0.1) is 0 Å². The molecule has 2 rings (SSSR count). The van der Waals surface area contributed by atoms with Crippen molar-refractivity contribution in [2.75, 3.05) is 27.9 Å². The fraction of sp³-hybridized carbons (Fsp3) is 0.333. The summed E-state index contributed by atoms with van der Waals surface area (Å²) in [5.41, 5.74) is 6.07. The highest BCUT2D eigenvalue weighted by molar-refractivity contribution is 5.95. The van der Waals surface area contributed by atoms with E-state index in [0.717, 1.165) is 5.56 Å². The van der Waals surface area contributed by atoms with E-state index in [9.17, 15) is 9.59 Å². The van der Waals surface area contributed by atoms with Crippen LogP contribution in [-0.2, 0) is 11.2 Å². The van der Waals surface area contributed by atoms with Gasteiger partial charge >= 0.3 is 0 Å². The largest absolute Gasteiger partial charge is 0.494 e. The Bertz CT molecular complexity index is 811. The minimum Gasteiger partial charge on any atom is -0.494 e. The first-order valence-corrected chi connectivity index (χ1v) is 9.13. The summed E-state index contributed by atoms with van der Waals surface area (Å²) in [5.74, 6) is 1.48. The van der Waals surface area contributed by atoms with Crippen LogP contribution in [0.25, 0.3) is 0 Å². The molecule has 8 nitrogen and oxygen atoms in total. The van der Waals surface area contributed by atoms with Crippen LogP contribution in [0.2, 0.25) is 0 Å². The van der Waals surface area contributed by atoms with Gasteiger partial charge in [-0.05, 0) is 55.3 Å². The third-order valence-electron chi connectivity index (χ3n) is 4.11. The van der Waals surface area contributed by atoms with Crippen LogP contribution in [0.1, 0.15) is 29.3 Å². The number of carbonyl (C=O) groups excluding carboxylic acids is 2. The Morgan fingerprint density at radius 2 is 1.52 bits per heavy atom. The van der Waals surface area contributed by atoms with Gasteiger partial charge in [-0.2, -0.15) is 0 Å². The smallest absolute Gasteiger partial charge is 0.269 e. The zero-order valence-electron chi connectivity index (χ0n) is 17.0. The zero-order chi connectivity index (χ0) is 21.2. The standard InChI is InChI=1S/C21H26N2O6/c1-5-29-16-9-7-15(8-10-16)21(25)23-22-19(24)11-6-14-12-17(26-2)20(28-4)18(13-14)27-3/h7-10,12-13H,5-6,11H2,1-4H3,(H,22,24)(H,23,25). The summed E-state index contributed by atoms with van der Waals surface area (Å²) in [4.78, 5) is 24.2. The third-order valence-corrected chi connectivity index (χ3v) is 4.11. The summed E-state index contributed by atoms with van der Waals surface area (Å²) in [7, 11) is 4.59. The van der Waals surface area contributed by atoms with E-state index in [1.165, 1.54) is 21.3 Å². The zero-order valence-corrected chi connectivity index (χ0v) is 17.0. The van der Waals surface area contributed by atoms with Gasteiger partial charge in [-0.1, -0.05) is 0 Å². The first kappa shape index (κ1) is 21.9. The molecule has 2 aromatic rings. The number of aryl methyl sites for hydroxylation is 1. The molecule has 0 spiro atoms. The van der Waals surface area contributed by atoms with Crippen LogP contribution < -0.4 is 29.8 Å². The first-order chi connectivity index (χ1) is 14.0. The molecule has 156 valence electrons. The lowest BCUT2D eigenvalue weighted by molar-refractivity contribution is -0.121. The molecule has 0 unspecified atom stereocenters. The Morgan fingerprint density at radius 3 is 2.03 bits per heavy atom. The second kappa shape index (κ2) is 10.8. The molecule has 0 fully saturated rings. The van der Waals surface area contributed by atoms with Gasteiger partial charge in [0.1, 0.15) is 5.75 Å². The molecular formula is C21H26N2O6. The number of benzene rings is 2. The molecule has 0 atom stereocenters. The predicted molar refractivity (Wildman–Crippen MR) is 108 cm³/mol. The van der Waals surface area contributed by atoms with Crippen molar-refractivity contribution in [3.8, 4) is 23.0 Å². The lowest BCUT2D eigenvalue weighted by Crippen LogP contribution is -2.41. The second-order valence-corrected chi connectivity index (χ2v) is 5.99. The van der Waals surface area contributed by atoms with E-state index >= 15 is 0 Å². The molecule has 0 aliphatic rings. The summed E-state index contributed by atoms with van der Waals surface area (Å²) in [6.45, 7) is 2.43. The molecule has 2 amide bonds. The summed E-state index contributed by atoms with van der Waals surface area (Å²) < 4.78 is 21.2. The van der Waals surface area contributed by atoms with Gasteiger partial charge in [0.2, 0.25) is 11.7 Å². The number of hydrogen-bond acceptors (Lipinski definition) is 6. The third kappa shape index (κ3) is 6.03. The predicted octanol–water partition coefficient (Wildman–Crippen LogP) is 2.50. The molecule has 8 heteroatoms. The maximum atomic E-state index is 12.1. The highest BCUT2D eigenvalue weighted by Crippen LogP contribution is 2.38. The molecule has 0 aliphatic heterocycles. The fourth-order valence-electron chi connectivity index (χ4n) is 2.67. The highest BCUT2D eigenvalue weighted by atomic mass is 16.5. The Hall–Kier alpha value is -3.42. The quantitative estimate of drug-likeness (QED) is 0.626. The van der Waals surface area contributed by atoms with Crippen LogP contribution in [0.5, 0.6) is 23.0 Å². The lowest BCUT2D eigenvalue weighted by Gasteiger charge is -2.14. The summed E-state index contributed by atoms with van der Waals surface area (Å²) in [6, 6.07) is 10.2. The van der Waals surface area contributed by atoms with E-state index in [4.69, 9.17) is 18.9 Å². The topological polar surface area (TPSA) is 95.1 Å². The van der Waals surface area contributed by atoms with Crippen molar-refractivity contribution in [1.29, 1.82) is 0 Å². The van der Waals surface area contributed by atoms with Crippen molar-refractivity contribution in [2.45, 2.75) is 19.8 Å². The van der Waals surface area contributed by atoms with Crippen molar-refractivity contribution >= 4 is 11.8 Å². The van der Waals surface area contributed by atoms with Gasteiger partial charge in [0.05, 0.1) is 27.9 Å². The van der Waals surface area contributed by atoms with Crippen molar-refractivity contribution in [2.24, 2.45) is 0 Å². The molecule has 2 N–H and O–H groups in total. The molecule has 0 radical (unpaired) electrons. The maximum absolute atomic E-state index is 12.1. The molecule has 0 bridgehead atoms. The Morgan fingerprint density at radius 1 is 0.897 bits per heavy atom. The SMILES string of the molecule is CCOc1ccc(C(=O)NNC(=O)CCc2cc(OC)c(OC)c(OC)c2)cc1. The van der Waals surface area contributed by atoms with Gasteiger partial charge in [-0.15, -0.1) is 0 Å². The first-order valence-electron chi connectivity index (χ1n) is 9.13. The van der Waals surface area contributed by atoms with E-state index in [1.807, 2.05) is 6.92 Å². The number of nitrogens with one attached hydrogen (secondary N) is 2. The summed E-state index contributed by atoms with van der Waals surface area (Å²) in [5, 5.41) is 0. The van der Waals surface area contributed by atoms with Crippen LogP contribution in [0.15, 0.2) is 36.4 Å². The Labute approximate surface area is 170 Å². The number of hydrazine groups is 1. The number of rotatable bonds is 9. The van der Waals surface area contributed by atoms with E-state index in [1.54, 1.807) is 36.4 Å². The second-order valence-electron chi connectivity index (χ2n) is 5.99. The molecule has 0 saturated heterocycles. The van der Waals surface area contributed by atoms with Gasteiger partial charge in [0, 0.05) is 12.0 Å². The minimum absolute atomic E-state index is 0.169. The Kier molecular flexibility index (Phi) is 8.14. The minimum atomic E-state index is -0.408. The average molecular weight is 402 g/mol. The van der Waals surface area contributed by atoms with Crippen LogP contribution >= 0.6 is 0 Å². The van der Waals surface area contributed by atoms with Gasteiger partial charge in [-0.25, -0.2) is 0 Å². The van der Waals surface area contributed by atoms with E-state index < -0.39 is 5.91 Å². The van der Waals surface area contributed by atoms with Gasteiger partial charge in [-0.3, -0.25) is 20.4 Å². The number of hydrogen-bond donors (Lipinski definition) is 2. The van der Waals surface area contributed by atoms with Crippen LogP contribution in [-0.4, -0.2) is 39.8 Å². The molecule has 2 aromatic carbocycles. The van der Waals surface area contributed by atoms with Gasteiger partial charge < -0.3 is 18.9 Å². The number of methoxy groups -OCH3 is 3. The summed E-state index contributed by atoms with van der Waals surface area (Å²) in [6.07, 6.45) is 0.601. The maximum Gasteiger partial charge on any atom is 0.269 e. The van der Waals surface area contributed by atoms with Crippen molar-refractivity contribution in [3.63, 3.8) is 0 Å². The van der Waals surface area contributed by atoms with Crippen molar-refractivity contribution in [1.82, 2.24) is 10.9 Å². The van der Waals surface area contributed by atoms with Crippen molar-refractivity contribution in [3.05, 3.63) is 47.5 Å². The number of amides is 2. The molecule has 29 heavy (non-hydrogen) atoms. The van der Waals surface area contributed by atoms with E-state index in [0.29, 0.717) is 41.6 Å². The number of carbonyl (C=O) groups is 2. The fourth-order valence-corrected chi connectivity index (χ4v) is 2.67. The van der Waals surface area contributed by atoms with E-state index in [2.05, 4.69) is 10.9 Å². The van der Waals surface area contributed by atoms with Crippen LogP contribution in [0.3, 0.4) is 0 Å². The molecule has 0 aromatic heterocycles.